The van der Waals surface area contributed by atoms with E-state index in [-0.39, 0.29) is 19.1 Å². The largest absolute Gasteiger partial charge is 0.394 e. The van der Waals surface area contributed by atoms with E-state index in [9.17, 15) is 10.2 Å². The van der Waals surface area contributed by atoms with Crippen molar-refractivity contribution >= 4 is 0 Å². The lowest BCUT2D eigenvalue weighted by atomic mass is 10.1. The molecule has 0 spiro atoms. The van der Waals surface area contributed by atoms with Gasteiger partial charge in [0, 0.05) is 6.42 Å². The molecular weight excluding hydrogens is 160 g/mol. The summed E-state index contributed by atoms with van der Waals surface area (Å²) in [6.45, 7) is 1.63. The molecule has 0 saturated carbocycles. The molecule has 1 heterocycles. The Kier molecular flexibility index (Phi) is 3.46. The summed E-state index contributed by atoms with van der Waals surface area (Å²) in [7, 11) is 0. The van der Waals surface area contributed by atoms with Crippen molar-refractivity contribution in [2.24, 2.45) is 0 Å². The molecule has 0 aromatic carbocycles. The van der Waals surface area contributed by atoms with Crippen molar-refractivity contribution in [3.63, 3.8) is 0 Å². The average molecular weight is 176 g/mol. The van der Waals surface area contributed by atoms with Gasteiger partial charge in [-0.3, -0.25) is 0 Å². The van der Waals surface area contributed by atoms with Crippen LogP contribution in [0.2, 0.25) is 0 Å². The highest BCUT2D eigenvalue weighted by atomic mass is 16.5. The van der Waals surface area contributed by atoms with Crippen LogP contribution in [0.3, 0.4) is 0 Å². The Balaban J connectivity index is 2.54. The topological polar surface area (TPSA) is 69.9 Å². The van der Waals surface area contributed by atoms with E-state index >= 15 is 0 Å². The predicted octanol–water partition coefficient (Wildman–Crippen LogP) is -0.732. The van der Waals surface area contributed by atoms with Crippen LogP contribution in [-0.4, -0.2) is 46.3 Å². The van der Waals surface area contributed by atoms with E-state index in [4.69, 9.17) is 9.84 Å². The Morgan fingerprint density at radius 1 is 1.33 bits per heavy atom. The Bertz CT molecular complexity index is 139. The number of aliphatic hydroxyl groups is 3. The Morgan fingerprint density at radius 3 is 2.58 bits per heavy atom. The van der Waals surface area contributed by atoms with Crippen LogP contribution in [0.4, 0.5) is 0 Å². The van der Waals surface area contributed by atoms with Gasteiger partial charge in [-0.1, -0.05) is 0 Å². The van der Waals surface area contributed by atoms with Crippen LogP contribution >= 0.6 is 0 Å². The molecular formula is C8H16O4. The fourth-order valence-electron chi connectivity index (χ4n) is 1.52. The second-order valence-electron chi connectivity index (χ2n) is 3.36. The van der Waals surface area contributed by atoms with E-state index < -0.39 is 18.3 Å². The standard InChI is InChI=1S/C8H16O4/c1-5-2-6(10)3-7(11)8(4-9)12-5/h5-11H,2-4H2,1H3. The molecule has 4 atom stereocenters. The highest BCUT2D eigenvalue weighted by molar-refractivity contribution is 4.78. The van der Waals surface area contributed by atoms with E-state index in [1.165, 1.54) is 0 Å². The summed E-state index contributed by atoms with van der Waals surface area (Å²) in [4.78, 5) is 0. The summed E-state index contributed by atoms with van der Waals surface area (Å²) < 4.78 is 5.28. The summed E-state index contributed by atoms with van der Waals surface area (Å²) in [5, 5.41) is 27.5. The van der Waals surface area contributed by atoms with Crippen molar-refractivity contribution in [1.29, 1.82) is 0 Å². The monoisotopic (exact) mass is 176 g/mol. The van der Waals surface area contributed by atoms with Crippen LogP contribution in [-0.2, 0) is 4.74 Å². The molecule has 12 heavy (non-hydrogen) atoms. The minimum absolute atomic E-state index is 0.103. The summed E-state index contributed by atoms with van der Waals surface area (Å²) in [6, 6.07) is 0. The van der Waals surface area contributed by atoms with Gasteiger partial charge in [-0.15, -0.1) is 0 Å². The van der Waals surface area contributed by atoms with Gasteiger partial charge in [0.05, 0.1) is 24.9 Å². The molecule has 1 aliphatic rings. The number of hydrogen-bond donors (Lipinski definition) is 3. The lowest BCUT2D eigenvalue weighted by Crippen LogP contribution is -2.33. The molecule has 0 aliphatic carbocycles. The second kappa shape index (κ2) is 4.18. The van der Waals surface area contributed by atoms with Gasteiger partial charge in [0.1, 0.15) is 6.10 Å². The predicted molar refractivity (Wildman–Crippen MR) is 42.7 cm³/mol. The van der Waals surface area contributed by atoms with Crippen LogP contribution < -0.4 is 0 Å². The molecule has 0 radical (unpaired) electrons. The molecule has 0 aromatic heterocycles. The number of ether oxygens (including phenoxy) is 1. The zero-order valence-corrected chi connectivity index (χ0v) is 7.18. The maximum atomic E-state index is 9.39. The van der Waals surface area contributed by atoms with Crippen LogP contribution in [0.15, 0.2) is 0 Å². The van der Waals surface area contributed by atoms with E-state index in [0.717, 1.165) is 0 Å². The number of rotatable bonds is 1. The molecule has 0 aromatic rings. The van der Waals surface area contributed by atoms with Crippen LogP contribution in [0.5, 0.6) is 0 Å². The van der Waals surface area contributed by atoms with E-state index in [0.29, 0.717) is 6.42 Å². The molecule has 72 valence electrons. The summed E-state index contributed by atoms with van der Waals surface area (Å²) >= 11 is 0. The van der Waals surface area contributed by atoms with Crippen molar-refractivity contribution in [3.8, 4) is 0 Å². The first kappa shape index (κ1) is 9.92. The minimum Gasteiger partial charge on any atom is -0.394 e. The van der Waals surface area contributed by atoms with Gasteiger partial charge in [0.25, 0.3) is 0 Å². The van der Waals surface area contributed by atoms with Crippen LogP contribution in [0.1, 0.15) is 19.8 Å². The minimum atomic E-state index is -0.755. The third-order valence-electron chi connectivity index (χ3n) is 2.13. The molecule has 0 amide bonds. The lowest BCUT2D eigenvalue weighted by molar-refractivity contribution is -0.0810. The molecule has 4 heteroatoms. The van der Waals surface area contributed by atoms with E-state index in [1.807, 2.05) is 6.92 Å². The maximum Gasteiger partial charge on any atom is 0.107 e. The van der Waals surface area contributed by atoms with E-state index in [2.05, 4.69) is 0 Å². The third kappa shape index (κ3) is 2.42. The molecule has 1 saturated heterocycles. The van der Waals surface area contributed by atoms with Crippen molar-refractivity contribution < 1.29 is 20.1 Å². The van der Waals surface area contributed by atoms with Crippen LogP contribution in [0, 0.1) is 0 Å². The normalized spacial score (nSPS) is 44.0. The second-order valence-corrected chi connectivity index (χ2v) is 3.36. The van der Waals surface area contributed by atoms with Crippen molar-refractivity contribution in [3.05, 3.63) is 0 Å². The molecule has 1 aliphatic heterocycles. The Labute approximate surface area is 71.8 Å². The Hall–Kier alpha value is -0.160. The summed E-state index contributed by atoms with van der Waals surface area (Å²) in [5.41, 5.74) is 0. The lowest BCUT2D eigenvalue weighted by Gasteiger charge is -2.19. The van der Waals surface area contributed by atoms with Gasteiger partial charge in [0.2, 0.25) is 0 Å². The fourth-order valence-corrected chi connectivity index (χ4v) is 1.52. The molecule has 4 unspecified atom stereocenters. The SMILES string of the molecule is CC1CC(O)CC(O)C(CO)O1. The first-order chi connectivity index (χ1) is 5.63. The summed E-state index contributed by atoms with van der Waals surface area (Å²) in [5.74, 6) is 0. The third-order valence-corrected chi connectivity index (χ3v) is 2.13. The van der Waals surface area contributed by atoms with Crippen LogP contribution in [0.25, 0.3) is 0 Å². The average Bonchev–Trinajstić information content (AvgIpc) is 2.09. The zero-order chi connectivity index (χ0) is 9.14. The first-order valence-electron chi connectivity index (χ1n) is 4.26. The summed E-state index contributed by atoms with van der Waals surface area (Å²) in [6.07, 6.45) is -1.11. The van der Waals surface area contributed by atoms with Crippen molar-refractivity contribution in [1.82, 2.24) is 0 Å². The quantitative estimate of drug-likeness (QED) is 0.492. The van der Waals surface area contributed by atoms with Gasteiger partial charge in [-0.2, -0.15) is 0 Å². The smallest absolute Gasteiger partial charge is 0.107 e. The van der Waals surface area contributed by atoms with Gasteiger partial charge < -0.3 is 20.1 Å². The van der Waals surface area contributed by atoms with Gasteiger partial charge in [-0.25, -0.2) is 0 Å². The number of aliphatic hydroxyl groups excluding tert-OH is 3. The number of hydrogen-bond acceptors (Lipinski definition) is 4. The molecule has 0 bridgehead atoms. The molecule has 1 fully saturated rings. The molecule has 1 rings (SSSR count). The Morgan fingerprint density at radius 2 is 2.00 bits per heavy atom. The van der Waals surface area contributed by atoms with Gasteiger partial charge in [0.15, 0.2) is 0 Å². The van der Waals surface area contributed by atoms with Crippen molar-refractivity contribution in [2.45, 2.75) is 44.2 Å². The van der Waals surface area contributed by atoms with Gasteiger partial charge in [-0.05, 0) is 13.3 Å². The maximum absolute atomic E-state index is 9.39. The molecule has 3 N–H and O–H groups in total. The first-order valence-corrected chi connectivity index (χ1v) is 4.26. The van der Waals surface area contributed by atoms with Crippen molar-refractivity contribution in [2.75, 3.05) is 6.61 Å². The fraction of sp³-hybridized carbons (Fsp3) is 1.00. The van der Waals surface area contributed by atoms with E-state index in [1.54, 1.807) is 0 Å². The highest BCUT2D eigenvalue weighted by Crippen LogP contribution is 2.18. The van der Waals surface area contributed by atoms with Gasteiger partial charge >= 0.3 is 0 Å². The highest BCUT2D eigenvalue weighted by Gasteiger charge is 2.29. The zero-order valence-electron chi connectivity index (χ0n) is 7.18. The molecule has 4 nitrogen and oxygen atoms in total.